The van der Waals surface area contributed by atoms with Gasteiger partial charge in [-0.15, -0.1) is 0 Å². The molecule has 0 amide bonds. The number of hydrogen-bond donors (Lipinski definition) is 0. The molecule has 1 aromatic rings. The molecule has 1 aromatic carbocycles. The first-order valence-electron chi connectivity index (χ1n) is 5.73. The Kier molecular flexibility index (Phi) is 3.93. The molecule has 88 valence electrons. The molecule has 1 heteroatoms. The van der Waals surface area contributed by atoms with Crippen LogP contribution in [0, 0.1) is 0 Å². The van der Waals surface area contributed by atoms with Crippen LogP contribution in [-0.4, -0.2) is 11.2 Å². The molecule has 0 radical (unpaired) electrons. The molecule has 0 unspecified atom stereocenters. The Labute approximate surface area is 99.1 Å². The van der Waals surface area contributed by atoms with Crippen molar-refractivity contribution in [3.05, 3.63) is 42.0 Å². The number of hydrogen-bond acceptors (Lipinski definition) is 1. The van der Waals surface area contributed by atoms with E-state index in [1.807, 2.05) is 18.2 Å². The molecule has 1 nitrogen and oxygen atoms in total. The van der Waals surface area contributed by atoms with E-state index in [9.17, 15) is 0 Å². The molecule has 0 saturated carbocycles. The lowest BCUT2D eigenvalue weighted by molar-refractivity contribution is -0.0850. The molecule has 0 spiro atoms. The summed E-state index contributed by atoms with van der Waals surface area (Å²) in [4.78, 5) is 0. The zero-order valence-corrected chi connectivity index (χ0v) is 10.9. The fourth-order valence-electron chi connectivity index (χ4n) is 1.68. The summed E-state index contributed by atoms with van der Waals surface area (Å²) < 4.78 is 5.96. The molecular weight excluding hydrogens is 196 g/mol. The first-order chi connectivity index (χ1) is 7.29. The van der Waals surface area contributed by atoms with Crippen LogP contribution in [0.4, 0.5) is 0 Å². The van der Waals surface area contributed by atoms with Crippen LogP contribution < -0.4 is 0 Å². The predicted octanol–water partition coefficient (Wildman–Crippen LogP) is 4.29. The topological polar surface area (TPSA) is 9.23 Å². The molecule has 1 rings (SSSR count). The standard InChI is InChI=1S/C15H22O/c1-14(2,3)16-15(4,5)12-11-13-9-7-6-8-10-13/h6-12H,1-5H3/b12-11+. The lowest BCUT2D eigenvalue weighted by Crippen LogP contribution is -2.32. The zero-order valence-electron chi connectivity index (χ0n) is 10.9. The van der Waals surface area contributed by atoms with Gasteiger partial charge in [-0.3, -0.25) is 0 Å². The van der Waals surface area contributed by atoms with Gasteiger partial charge in [-0.1, -0.05) is 42.5 Å². The summed E-state index contributed by atoms with van der Waals surface area (Å²) in [7, 11) is 0. The largest absolute Gasteiger partial charge is 0.366 e. The summed E-state index contributed by atoms with van der Waals surface area (Å²) >= 11 is 0. The summed E-state index contributed by atoms with van der Waals surface area (Å²) in [5.41, 5.74) is 0.839. The Morgan fingerprint density at radius 3 is 2.00 bits per heavy atom. The van der Waals surface area contributed by atoms with Gasteiger partial charge >= 0.3 is 0 Å². The second-order valence-electron chi connectivity index (χ2n) is 5.56. The van der Waals surface area contributed by atoms with Gasteiger partial charge in [0, 0.05) is 0 Å². The summed E-state index contributed by atoms with van der Waals surface area (Å²) in [5.74, 6) is 0. The van der Waals surface area contributed by atoms with Crippen molar-refractivity contribution in [1.29, 1.82) is 0 Å². The van der Waals surface area contributed by atoms with Crippen LogP contribution in [0.25, 0.3) is 6.08 Å². The molecular formula is C15H22O. The quantitative estimate of drug-likeness (QED) is 0.735. The SMILES string of the molecule is CC(C)(C)OC(C)(C)/C=C/c1ccccc1. The van der Waals surface area contributed by atoms with Crippen LogP contribution in [0.15, 0.2) is 36.4 Å². The summed E-state index contributed by atoms with van der Waals surface area (Å²) in [6, 6.07) is 10.3. The van der Waals surface area contributed by atoms with Gasteiger partial charge in [-0.05, 0) is 40.2 Å². The molecule has 0 aliphatic rings. The molecule has 0 bridgehead atoms. The Balaban J connectivity index is 2.69. The first kappa shape index (κ1) is 13.0. The van der Waals surface area contributed by atoms with Crippen LogP contribution >= 0.6 is 0 Å². The molecule has 0 heterocycles. The zero-order chi connectivity index (χ0) is 12.2. The summed E-state index contributed by atoms with van der Waals surface area (Å²) in [5, 5.41) is 0. The van der Waals surface area contributed by atoms with E-state index in [0.29, 0.717) is 0 Å². The fourth-order valence-corrected chi connectivity index (χ4v) is 1.68. The first-order valence-corrected chi connectivity index (χ1v) is 5.73. The van der Waals surface area contributed by atoms with Crippen molar-refractivity contribution in [2.24, 2.45) is 0 Å². The average Bonchev–Trinajstić information content (AvgIpc) is 2.13. The van der Waals surface area contributed by atoms with Gasteiger partial charge in [0.1, 0.15) is 0 Å². The van der Waals surface area contributed by atoms with E-state index in [4.69, 9.17) is 4.74 Å². The van der Waals surface area contributed by atoms with Crippen molar-refractivity contribution in [3.8, 4) is 0 Å². The normalized spacial score (nSPS) is 13.3. The van der Waals surface area contributed by atoms with Crippen molar-refractivity contribution in [2.75, 3.05) is 0 Å². The predicted molar refractivity (Wildman–Crippen MR) is 70.4 cm³/mol. The highest BCUT2D eigenvalue weighted by atomic mass is 16.5. The number of ether oxygens (including phenoxy) is 1. The Morgan fingerprint density at radius 1 is 0.938 bits per heavy atom. The van der Waals surface area contributed by atoms with E-state index in [1.165, 1.54) is 5.56 Å². The van der Waals surface area contributed by atoms with E-state index in [1.54, 1.807) is 0 Å². The molecule has 0 aliphatic heterocycles. The highest BCUT2D eigenvalue weighted by Gasteiger charge is 2.22. The smallest absolute Gasteiger partial charge is 0.0816 e. The monoisotopic (exact) mass is 218 g/mol. The van der Waals surface area contributed by atoms with E-state index in [2.05, 4.69) is 58.9 Å². The molecule has 16 heavy (non-hydrogen) atoms. The van der Waals surface area contributed by atoms with Crippen LogP contribution in [0.2, 0.25) is 0 Å². The van der Waals surface area contributed by atoms with E-state index < -0.39 is 0 Å². The maximum Gasteiger partial charge on any atom is 0.0816 e. The van der Waals surface area contributed by atoms with Crippen molar-refractivity contribution in [3.63, 3.8) is 0 Å². The van der Waals surface area contributed by atoms with Crippen LogP contribution in [-0.2, 0) is 4.74 Å². The molecule has 0 saturated heterocycles. The summed E-state index contributed by atoms with van der Waals surface area (Å²) in [6.45, 7) is 10.4. The maximum absolute atomic E-state index is 5.96. The van der Waals surface area contributed by atoms with Gasteiger partial charge in [-0.2, -0.15) is 0 Å². The fraction of sp³-hybridized carbons (Fsp3) is 0.467. The third-order valence-electron chi connectivity index (χ3n) is 2.05. The van der Waals surface area contributed by atoms with Crippen molar-refractivity contribution < 1.29 is 4.74 Å². The van der Waals surface area contributed by atoms with Crippen molar-refractivity contribution in [1.82, 2.24) is 0 Å². The van der Waals surface area contributed by atoms with Gasteiger partial charge in [0.2, 0.25) is 0 Å². The lowest BCUT2D eigenvalue weighted by atomic mass is 10.0. The molecule has 0 aromatic heterocycles. The number of benzene rings is 1. The van der Waals surface area contributed by atoms with E-state index in [0.717, 1.165) is 0 Å². The van der Waals surface area contributed by atoms with E-state index in [-0.39, 0.29) is 11.2 Å². The minimum atomic E-state index is -0.242. The van der Waals surface area contributed by atoms with Crippen LogP contribution in [0.1, 0.15) is 40.2 Å². The minimum Gasteiger partial charge on any atom is -0.366 e. The number of rotatable bonds is 3. The molecule has 0 fully saturated rings. The van der Waals surface area contributed by atoms with Gasteiger partial charge in [0.05, 0.1) is 11.2 Å². The van der Waals surface area contributed by atoms with Crippen LogP contribution in [0.5, 0.6) is 0 Å². The van der Waals surface area contributed by atoms with Gasteiger partial charge in [-0.25, -0.2) is 0 Å². The third kappa shape index (κ3) is 5.13. The highest BCUT2D eigenvalue weighted by Crippen LogP contribution is 2.21. The summed E-state index contributed by atoms with van der Waals surface area (Å²) in [6.07, 6.45) is 4.21. The lowest BCUT2D eigenvalue weighted by Gasteiger charge is -2.31. The van der Waals surface area contributed by atoms with Crippen LogP contribution in [0.3, 0.4) is 0 Å². The van der Waals surface area contributed by atoms with Crippen molar-refractivity contribution >= 4 is 6.08 Å². The second-order valence-corrected chi connectivity index (χ2v) is 5.56. The van der Waals surface area contributed by atoms with Gasteiger partial charge in [0.15, 0.2) is 0 Å². The second kappa shape index (κ2) is 4.84. The van der Waals surface area contributed by atoms with Gasteiger partial charge in [0.25, 0.3) is 0 Å². The Hall–Kier alpha value is -1.08. The van der Waals surface area contributed by atoms with E-state index >= 15 is 0 Å². The molecule has 0 atom stereocenters. The molecule has 0 aliphatic carbocycles. The third-order valence-corrected chi connectivity index (χ3v) is 2.05. The maximum atomic E-state index is 5.96. The highest BCUT2D eigenvalue weighted by molar-refractivity contribution is 5.49. The van der Waals surface area contributed by atoms with Crippen molar-refractivity contribution in [2.45, 2.75) is 45.8 Å². The Bertz CT molecular complexity index is 341. The van der Waals surface area contributed by atoms with Gasteiger partial charge < -0.3 is 4.74 Å². The minimum absolute atomic E-state index is 0.121. The average molecular weight is 218 g/mol. The molecule has 0 N–H and O–H groups in total. The Morgan fingerprint density at radius 2 is 1.50 bits per heavy atom.